The summed E-state index contributed by atoms with van der Waals surface area (Å²) in [5.74, 6) is 0.609. The van der Waals surface area contributed by atoms with Crippen LogP contribution in [0, 0.1) is 0 Å². The monoisotopic (exact) mass is 546 g/mol. The molecule has 2 aromatic rings. The van der Waals surface area contributed by atoms with E-state index in [-0.39, 0.29) is 10.9 Å². The average Bonchev–Trinajstić information content (AvgIpc) is 2.91. The maximum absolute atomic E-state index is 13.9. The molecule has 3 rings (SSSR count). The van der Waals surface area contributed by atoms with Crippen LogP contribution in [-0.2, 0) is 19.6 Å². The van der Waals surface area contributed by atoms with Crippen LogP contribution >= 0.6 is 11.8 Å². The first kappa shape index (κ1) is 29.1. The molecule has 0 amide bonds. The first-order valence-electron chi connectivity index (χ1n) is 12.7. The molecule has 1 unspecified atom stereocenters. The summed E-state index contributed by atoms with van der Waals surface area (Å²) in [6.07, 6.45) is 5.14. The second-order valence-electron chi connectivity index (χ2n) is 9.92. The molecule has 2 aromatic carbocycles. The van der Waals surface area contributed by atoms with Crippen LogP contribution in [0.1, 0.15) is 53.9 Å². The molecule has 7 nitrogen and oxygen atoms in total. The lowest BCUT2D eigenvalue weighted by Gasteiger charge is -2.29. The summed E-state index contributed by atoms with van der Waals surface area (Å²) < 4.78 is 40.4. The van der Waals surface area contributed by atoms with Crippen molar-refractivity contribution in [2.75, 3.05) is 24.2 Å². The number of rotatable bonds is 9. The number of hydrogen-bond acceptors (Lipinski definition) is 7. The van der Waals surface area contributed by atoms with E-state index in [0.717, 1.165) is 35.6 Å². The molecule has 1 atom stereocenters. The summed E-state index contributed by atoms with van der Waals surface area (Å²) >= 11 is 1.55. The fraction of sp³-hybridized carbons (Fsp3) is 0.464. The van der Waals surface area contributed by atoms with Crippen LogP contribution in [0.25, 0.3) is 0 Å². The Morgan fingerprint density at radius 2 is 1.86 bits per heavy atom. The van der Waals surface area contributed by atoms with Crippen molar-refractivity contribution < 1.29 is 22.7 Å². The Kier molecular flexibility index (Phi) is 9.72. The van der Waals surface area contributed by atoms with Gasteiger partial charge in [0.25, 0.3) is 0 Å². The van der Waals surface area contributed by atoms with Crippen molar-refractivity contribution in [1.82, 2.24) is 4.31 Å². The number of likely N-dealkylation sites (N-methyl/N-ethyl adjacent to an activating group) is 1. The summed E-state index contributed by atoms with van der Waals surface area (Å²) in [7, 11) is -2.15. The molecular weight excluding hydrogens is 508 g/mol. The highest BCUT2D eigenvalue weighted by atomic mass is 32.2. The molecule has 0 aliphatic carbocycles. The number of carbonyl (C=O) groups excluding carboxylic acids is 1. The van der Waals surface area contributed by atoms with Crippen LogP contribution < -0.4 is 9.64 Å². The smallest absolute Gasteiger partial charge is 0.334 e. The Bertz CT molecular complexity index is 1210. The molecule has 0 bridgehead atoms. The summed E-state index contributed by atoms with van der Waals surface area (Å²) in [4.78, 5) is 15.2. The molecular formula is C28H38N2O5S2. The fourth-order valence-corrected chi connectivity index (χ4v) is 6.47. The Labute approximate surface area is 225 Å². The number of hydrogen-bond donors (Lipinski definition) is 0. The lowest BCUT2D eigenvalue weighted by atomic mass is 10.1. The number of sulfonamides is 1. The molecule has 0 spiro atoms. The number of carbonyl (C=O) groups is 1. The van der Waals surface area contributed by atoms with Crippen LogP contribution in [0.2, 0.25) is 0 Å². The molecule has 202 valence electrons. The zero-order valence-electron chi connectivity index (χ0n) is 22.6. The number of nitrogens with zero attached hydrogens (tertiary/aromatic N) is 2. The number of ether oxygens (including phenoxy) is 2. The third-order valence-corrected chi connectivity index (χ3v) is 8.80. The summed E-state index contributed by atoms with van der Waals surface area (Å²) in [5.41, 5.74) is 0.931. The molecule has 0 aromatic heterocycles. The number of thioether (sulfide) groups is 1. The van der Waals surface area contributed by atoms with E-state index in [1.54, 1.807) is 45.6 Å². The van der Waals surface area contributed by atoms with Crippen molar-refractivity contribution in [3.8, 4) is 5.75 Å². The van der Waals surface area contributed by atoms with Gasteiger partial charge in [-0.2, -0.15) is 4.31 Å². The van der Waals surface area contributed by atoms with E-state index in [1.807, 2.05) is 43.3 Å². The van der Waals surface area contributed by atoms with Crippen LogP contribution in [0.15, 0.2) is 64.6 Å². The van der Waals surface area contributed by atoms with Gasteiger partial charge in [-0.15, -0.1) is 11.8 Å². The number of benzene rings is 2. The van der Waals surface area contributed by atoms with Gasteiger partial charge in [-0.05, 0) is 51.1 Å². The van der Waals surface area contributed by atoms with Gasteiger partial charge in [-0.1, -0.05) is 44.9 Å². The van der Waals surface area contributed by atoms with Gasteiger partial charge in [0.2, 0.25) is 10.0 Å². The Balaban J connectivity index is 2.11. The predicted molar refractivity (Wildman–Crippen MR) is 150 cm³/mol. The fourth-order valence-electron chi connectivity index (χ4n) is 4.15. The first-order valence-corrected chi connectivity index (χ1v) is 15.1. The average molecular weight is 547 g/mol. The Morgan fingerprint density at radius 3 is 2.49 bits per heavy atom. The van der Waals surface area contributed by atoms with Crippen molar-refractivity contribution >= 4 is 39.1 Å². The zero-order chi connectivity index (χ0) is 27.2. The van der Waals surface area contributed by atoms with E-state index in [2.05, 4.69) is 11.8 Å². The largest absolute Gasteiger partial charge is 0.464 e. The van der Waals surface area contributed by atoms with Crippen molar-refractivity contribution in [2.45, 2.75) is 75.3 Å². The Hall–Kier alpha value is -2.49. The van der Waals surface area contributed by atoms with E-state index in [1.165, 1.54) is 16.6 Å². The Morgan fingerprint density at radius 1 is 1.16 bits per heavy atom. The van der Waals surface area contributed by atoms with E-state index in [9.17, 15) is 13.2 Å². The minimum absolute atomic E-state index is 0.180. The van der Waals surface area contributed by atoms with Gasteiger partial charge in [0.15, 0.2) is 0 Å². The van der Waals surface area contributed by atoms with Crippen LogP contribution in [-0.4, -0.2) is 49.7 Å². The second-order valence-corrected chi connectivity index (χ2v) is 13.2. The number of unbranched alkanes of at least 4 members (excludes halogenated alkanes) is 1. The standard InChI is InChI=1S/C28H38N2O5S2/c1-7-9-13-22-20-30(21-14-11-10-12-15-21)23-18-25(36-8-2)24(19-26(23)37(32,33)29(22)6)34-17-16-27(31)35-28(3,4)5/h10-12,14-19,22H,7-9,13,20H2,1-6H3/b17-16+. The molecule has 0 fully saturated rings. The van der Waals surface area contributed by atoms with Gasteiger partial charge in [0, 0.05) is 31.4 Å². The lowest BCUT2D eigenvalue weighted by molar-refractivity contribution is -0.148. The topological polar surface area (TPSA) is 76.1 Å². The number of anilines is 2. The quantitative estimate of drug-likeness (QED) is 0.157. The van der Waals surface area contributed by atoms with Crippen LogP contribution in [0.5, 0.6) is 5.75 Å². The minimum atomic E-state index is -3.81. The van der Waals surface area contributed by atoms with Gasteiger partial charge < -0.3 is 14.4 Å². The van der Waals surface area contributed by atoms with Gasteiger partial charge in [-0.3, -0.25) is 0 Å². The highest BCUT2D eigenvalue weighted by Gasteiger charge is 2.37. The molecule has 0 radical (unpaired) electrons. The maximum Gasteiger partial charge on any atom is 0.334 e. The molecule has 37 heavy (non-hydrogen) atoms. The molecule has 0 saturated heterocycles. The van der Waals surface area contributed by atoms with Crippen LogP contribution in [0.4, 0.5) is 11.4 Å². The highest BCUT2D eigenvalue weighted by Crippen LogP contribution is 2.44. The number of fused-ring (bicyclic) bond motifs is 1. The van der Waals surface area contributed by atoms with Crippen molar-refractivity contribution in [3.63, 3.8) is 0 Å². The van der Waals surface area contributed by atoms with Crippen molar-refractivity contribution in [3.05, 3.63) is 54.8 Å². The highest BCUT2D eigenvalue weighted by molar-refractivity contribution is 7.99. The lowest BCUT2D eigenvalue weighted by Crippen LogP contribution is -2.40. The summed E-state index contributed by atoms with van der Waals surface area (Å²) in [6, 6.07) is 13.2. The third-order valence-electron chi connectivity index (χ3n) is 5.95. The molecule has 9 heteroatoms. The van der Waals surface area contributed by atoms with Crippen LogP contribution in [0.3, 0.4) is 0 Å². The first-order chi connectivity index (χ1) is 17.5. The van der Waals surface area contributed by atoms with E-state index >= 15 is 0 Å². The molecule has 1 heterocycles. The summed E-state index contributed by atoms with van der Waals surface area (Å²) in [5, 5.41) is 0. The predicted octanol–water partition coefficient (Wildman–Crippen LogP) is 6.36. The van der Waals surface area contributed by atoms with Gasteiger partial charge in [0.05, 0.1) is 22.9 Å². The molecule has 0 N–H and O–H groups in total. The normalized spacial score (nSPS) is 17.9. The van der Waals surface area contributed by atoms with Crippen molar-refractivity contribution in [2.24, 2.45) is 0 Å². The van der Waals surface area contributed by atoms with E-state index < -0.39 is 21.6 Å². The van der Waals surface area contributed by atoms with Gasteiger partial charge >= 0.3 is 5.97 Å². The number of esters is 1. The molecule has 1 aliphatic heterocycles. The summed E-state index contributed by atoms with van der Waals surface area (Å²) in [6.45, 7) is 10.0. The number of para-hydroxylation sites is 1. The van der Waals surface area contributed by atoms with Crippen molar-refractivity contribution in [1.29, 1.82) is 0 Å². The molecule has 1 aliphatic rings. The molecule has 0 saturated carbocycles. The third kappa shape index (κ3) is 7.30. The maximum atomic E-state index is 13.9. The second kappa shape index (κ2) is 12.4. The van der Waals surface area contributed by atoms with Gasteiger partial charge in [-0.25, -0.2) is 13.2 Å². The minimum Gasteiger partial charge on any atom is -0.464 e. The zero-order valence-corrected chi connectivity index (χ0v) is 24.2. The van der Waals surface area contributed by atoms with Gasteiger partial charge in [0.1, 0.15) is 16.2 Å². The van der Waals surface area contributed by atoms with E-state index in [4.69, 9.17) is 9.47 Å². The van der Waals surface area contributed by atoms with E-state index in [0.29, 0.717) is 18.0 Å². The SMILES string of the molecule is CCCCC1CN(c2ccccc2)c2cc(SCC)c(O/C=C/C(=O)OC(C)(C)C)cc2S(=O)(=O)N1C.